The molecule has 4 rings (SSSR count). The second-order valence-corrected chi connectivity index (χ2v) is 9.94. The van der Waals surface area contributed by atoms with E-state index in [1.807, 2.05) is 37.3 Å². The maximum Gasteiger partial charge on any atom is 0.320 e. The number of β-amino-alcohol motifs (C(OH)–C–C–N with tert-alkyl or cyclic N) is 1. The quantitative estimate of drug-likeness (QED) is 0.543. The van der Waals surface area contributed by atoms with Crippen LogP contribution in [-0.4, -0.2) is 85.7 Å². The SMILES string of the molecule is COCCCC[C@@H](c1cccc(F)c1-c1cccc(C)c1)C1CN(C(=O)N2C[C@@H](N)[C@@H](O)C2)CCO1. The Hall–Kier alpha value is -2.52. The van der Waals surface area contributed by atoms with Crippen LogP contribution in [0.2, 0.25) is 0 Å². The Morgan fingerprint density at radius 3 is 2.72 bits per heavy atom. The third kappa shape index (κ3) is 6.06. The van der Waals surface area contributed by atoms with Crippen LogP contribution in [0.1, 0.15) is 36.3 Å². The second-order valence-electron chi connectivity index (χ2n) is 9.94. The third-order valence-corrected chi connectivity index (χ3v) is 7.28. The maximum atomic E-state index is 15.4. The number of ether oxygens (including phenoxy) is 2. The lowest BCUT2D eigenvalue weighted by molar-refractivity contribution is -0.0338. The Bertz CT molecular complexity index is 1030. The van der Waals surface area contributed by atoms with Gasteiger partial charge in [-0.05, 0) is 37.0 Å². The van der Waals surface area contributed by atoms with Crippen molar-refractivity contribution in [2.45, 2.75) is 50.4 Å². The lowest BCUT2D eigenvalue weighted by atomic mass is 9.82. The van der Waals surface area contributed by atoms with Crippen molar-refractivity contribution >= 4 is 6.03 Å². The number of hydrogen-bond donors (Lipinski definition) is 2. The fourth-order valence-electron chi connectivity index (χ4n) is 5.37. The van der Waals surface area contributed by atoms with Gasteiger partial charge in [-0.1, -0.05) is 48.4 Å². The highest BCUT2D eigenvalue weighted by Gasteiger charge is 2.38. The van der Waals surface area contributed by atoms with Crippen molar-refractivity contribution in [2.24, 2.45) is 5.73 Å². The van der Waals surface area contributed by atoms with Crippen LogP contribution in [-0.2, 0) is 9.47 Å². The lowest BCUT2D eigenvalue weighted by Gasteiger charge is -2.39. The van der Waals surface area contributed by atoms with Gasteiger partial charge in [-0.15, -0.1) is 0 Å². The van der Waals surface area contributed by atoms with E-state index in [9.17, 15) is 9.90 Å². The van der Waals surface area contributed by atoms with Gasteiger partial charge >= 0.3 is 6.03 Å². The number of aryl methyl sites for hydroxylation is 1. The van der Waals surface area contributed by atoms with Crippen molar-refractivity contribution < 1.29 is 23.8 Å². The number of benzene rings is 2. The van der Waals surface area contributed by atoms with Crippen molar-refractivity contribution in [3.05, 3.63) is 59.4 Å². The molecule has 2 aliphatic rings. The number of rotatable bonds is 8. The number of aliphatic hydroxyl groups excluding tert-OH is 1. The highest BCUT2D eigenvalue weighted by atomic mass is 19.1. The lowest BCUT2D eigenvalue weighted by Crippen LogP contribution is -2.52. The molecule has 196 valence electrons. The summed E-state index contributed by atoms with van der Waals surface area (Å²) in [5, 5.41) is 10.0. The van der Waals surface area contributed by atoms with E-state index in [4.69, 9.17) is 15.2 Å². The standard InChI is InChI=1S/C28H38FN3O4/c1-19-7-5-8-20(15-19)27-22(10-6-11-23(27)29)21(9-3-4-13-35-2)26-18-31(12-14-36-26)28(34)32-16-24(30)25(33)17-32/h5-8,10-11,15,21,24-26,33H,3-4,9,12-14,16-18,30H2,1-2H3/t21-,24+,25-,26?/m0/s1. The zero-order valence-electron chi connectivity index (χ0n) is 21.2. The van der Waals surface area contributed by atoms with Crippen LogP contribution in [0.3, 0.4) is 0 Å². The van der Waals surface area contributed by atoms with E-state index < -0.39 is 12.1 Å². The molecule has 3 N–H and O–H groups in total. The van der Waals surface area contributed by atoms with Crippen LogP contribution in [0.5, 0.6) is 0 Å². The zero-order valence-corrected chi connectivity index (χ0v) is 21.2. The van der Waals surface area contributed by atoms with Crippen LogP contribution < -0.4 is 5.73 Å². The number of urea groups is 1. The van der Waals surface area contributed by atoms with Gasteiger partial charge in [0.15, 0.2) is 0 Å². The molecule has 1 unspecified atom stereocenters. The van der Waals surface area contributed by atoms with Gasteiger partial charge in [-0.2, -0.15) is 0 Å². The number of nitrogens with two attached hydrogens (primary N) is 1. The van der Waals surface area contributed by atoms with Gasteiger partial charge in [0, 0.05) is 57.4 Å². The molecular formula is C28H38FN3O4. The molecule has 2 heterocycles. The van der Waals surface area contributed by atoms with Crippen LogP contribution in [0, 0.1) is 12.7 Å². The van der Waals surface area contributed by atoms with Gasteiger partial charge in [-0.25, -0.2) is 9.18 Å². The predicted molar refractivity (Wildman–Crippen MR) is 137 cm³/mol. The fourth-order valence-corrected chi connectivity index (χ4v) is 5.37. The summed E-state index contributed by atoms with van der Waals surface area (Å²) in [5.41, 5.74) is 9.33. The van der Waals surface area contributed by atoms with Crippen molar-refractivity contribution in [1.29, 1.82) is 0 Å². The number of amides is 2. The number of carbonyl (C=O) groups excluding carboxylic acids is 1. The largest absolute Gasteiger partial charge is 0.390 e. The van der Waals surface area contributed by atoms with Gasteiger partial charge in [0.1, 0.15) is 5.82 Å². The fraction of sp³-hybridized carbons (Fsp3) is 0.536. The summed E-state index contributed by atoms with van der Waals surface area (Å²) < 4.78 is 26.8. The molecular weight excluding hydrogens is 461 g/mol. The number of hydrogen-bond acceptors (Lipinski definition) is 5. The molecule has 2 fully saturated rings. The number of halogens is 1. The van der Waals surface area contributed by atoms with Gasteiger partial charge < -0.3 is 30.1 Å². The van der Waals surface area contributed by atoms with E-state index in [1.165, 1.54) is 6.07 Å². The van der Waals surface area contributed by atoms with Gasteiger partial charge in [-0.3, -0.25) is 0 Å². The van der Waals surface area contributed by atoms with E-state index in [2.05, 4.69) is 0 Å². The zero-order chi connectivity index (χ0) is 25.7. The minimum Gasteiger partial charge on any atom is -0.390 e. The summed E-state index contributed by atoms with van der Waals surface area (Å²) in [4.78, 5) is 16.6. The van der Waals surface area contributed by atoms with Gasteiger partial charge in [0.05, 0.1) is 18.8 Å². The minimum atomic E-state index is -0.705. The number of likely N-dealkylation sites (tertiary alicyclic amines) is 1. The van der Waals surface area contributed by atoms with E-state index in [-0.39, 0.29) is 30.4 Å². The van der Waals surface area contributed by atoms with E-state index in [0.717, 1.165) is 36.0 Å². The summed E-state index contributed by atoms with van der Waals surface area (Å²) in [6, 6.07) is 12.6. The predicted octanol–water partition coefficient (Wildman–Crippen LogP) is 3.53. The minimum absolute atomic E-state index is 0.102. The first kappa shape index (κ1) is 26.5. The maximum absolute atomic E-state index is 15.4. The molecule has 8 heteroatoms. The van der Waals surface area contributed by atoms with Crippen LogP contribution in [0.4, 0.5) is 9.18 Å². The summed E-state index contributed by atoms with van der Waals surface area (Å²) in [6.07, 6.45) is 1.58. The molecule has 0 radical (unpaired) electrons. The summed E-state index contributed by atoms with van der Waals surface area (Å²) in [7, 11) is 1.69. The first-order valence-corrected chi connectivity index (χ1v) is 12.8. The van der Waals surface area contributed by atoms with Crippen molar-refractivity contribution in [2.75, 3.05) is 46.5 Å². The van der Waals surface area contributed by atoms with E-state index in [0.29, 0.717) is 38.4 Å². The van der Waals surface area contributed by atoms with E-state index in [1.54, 1.807) is 23.0 Å². The van der Waals surface area contributed by atoms with Crippen molar-refractivity contribution in [3.63, 3.8) is 0 Å². The number of methoxy groups -OCH3 is 1. The molecule has 2 aromatic carbocycles. The molecule has 2 amide bonds. The normalized spacial score (nSPS) is 23.2. The Kier molecular flexibility index (Phi) is 8.95. The Labute approximate surface area is 213 Å². The van der Waals surface area contributed by atoms with Crippen LogP contribution >= 0.6 is 0 Å². The van der Waals surface area contributed by atoms with E-state index >= 15 is 4.39 Å². The number of aliphatic hydroxyl groups is 1. The average molecular weight is 500 g/mol. The number of unbranched alkanes of at least 4 members (excludes halogenated alkanes) is 1. The molecule has 0 bridgehead atoms. The molecule has 0 aromatic heterocycles. The monoisotopic (exact) mass is 499 g/mol. The molecule has 0 spiro atoms. The number of nitrogens with zero attached hydrogens (tertiary/aromatic N) is 2. The van der Waals surface area contributed by atoms with Gasteiger partial charge in [0.2, 0.25) is 0 Å². The first-order valence-electron chi connectivity index (χ1n) is 12.8. The summed E-state index contributed by atoms with van der Waals surface area (Å²) in [6.45, 7) is 4.52. The first-order chi connectivity index (χ1) is 17.4. The number of carbonyl (C=O) groups is 1. The topological polar surface area (TPSA) is 88.3 Å². The molecule has 2 saturated heterocycles. The molecule has 0 aliphatic carbocycles. The summed E-state index contributed by atoms with van der Waals surface area (Å²) in [5.74, 6) is -0.362. The molecule has 36 heavy (non-hydrogen) atoms. The number of morpholine rings is 1. The van der Waals surface area contributed by atoms with Crippen molar-refractivity contribution in [1.82, 2.24) is 9.80 Å². The van der Waals surface area contributed by atoms with Crippen LogP contribution in [0.25, 0.3) is 11.1 Å². The molecule has 7 nitrogen and oxygen atoms in total. The second kappa shape index (κ2) is 12.1. The third-order valence-electron chi connectivity index (χ3n) is 7.28. The molecule has 0 saturated carbocycles. The summed E-state index contributed by atoms with van der Waals surface area (Å²) >= 11 is 0. The van der Waals surface area contributed by atoms with Crippen LogP contribution in [0.15, 0.2) is 42.5 Å². The van der Waals surface area contributed by atoms with Gasteiger partial charge in [0.25, 0.3) is 0 Å². The molecule has 4 atom stereocenters. The van der Waals surface area contributed by atoms with Crippen molar-refractivity contribution in [3.8, 4) is 11.1 Å². The Balaban J connectivity index is 1.62. The highest BCUT2D eigenvalue weighted by Crippen LogP contribution is 2.38. The smallest absolute Gasteiger partial charge is 0.320 e. The Morgan fingerprint density at radius 2 is 2.00 bits per heavy atom. The Morgan fingerprint density at radius 1 is 1.19 bits per heavy atom. The average Bonchev–Trinajstić information content (AvgIpc) is 3.21. The molecule has 2 aliphatic heterocycles. The molecule has 2 aromatic rings. The highest BCUT2D eigenvalue weighted by molar-refractivity contribution is 5.75.